The summed E-state index contributed by atoms with van der Waals surface area (Å²) in [5.74, 6) is -0.130. The van der Waals surface area contributed by atoms with Crippen molar-refractivity contribution in [3.63, 3.8) is 0 Å². The molecule has 0 unspecified atom stereocenters. The van der Waals surface area contributed by atoms with Crippen LogP contribution in [-0.2, 0) is 24.2 Å². The number of carbonyl (C=O) groups excluding carboxylic acids is 1. The Kier molecular flexibility index (Phi) is 8.95. The normalized spacial score (nSPS) is 12.9. The lowest BCUT2D eigenvalue weighted by Crippen LogP contribution is -2.52. The number of esters is 1. The summed E-state index contributed by atoms with van der Waals surface area (Å²) in [6, 6.07) is 10.9. The quantitative estimate of drug-likeness (QED) is 0.280. The fraction of sp³-hybridized carbons (Fsp3) is 0.632. The molecule has 0 heterocycles. The minimum absolute atomic E-state index is 0.130. The number of carbonyl (C=O) groups is 1. The van der Waals surface area contributed by atoms with Crippen LogP contribution in [0.25, 0.3) is 0 Å². The van der Waals surface area contributed by atoms with Gasteiger partial charge in [-0.15, -0.1) is 0 Å². The van der Waals surface area contributed by atoms with Crippen LogP contribution in [0.2, 0.25) is 51.9 Å². The van der Waals surface area contributed by atoms with Crippen LogP contribution in [0.5, 0.6) is 0 Å². The van der Waals surface area contributed by atoms with E-state index >= 15 is 0 Å². The lowest BCUT2D eigenvalue weighted by atomic mass is 10.1. The van der Waals surface area contributed by atoms with Crippen LogP contribution in [-0.4, -0.2) is 37.8 Å². The predicted molar refractivity (Wildman–Crippen MR) is 116 cm³/mol. The first-order valence-corrected chi connectivity index (χ1v) is 18.8. The van der Waals surface area contributed by atoms with E-state index < -0.39 is 25.2 Å². The molecule has 1 aromatic carbocycles. The third-order valence-electron chi connectivity index (χ3n) is 3.54. The van der Waals surface area contributed by atoms with Gasteiger partial charge in [0.1, 0.15) is 0 Å². The Hall–Kier alpha value is -0.739. The van der Waals surface area contributed by atoms with Crippen LogP contribution < -0.4 is 0 Å². The Bertz CT molecular complexity index is 534. The fourth-order valence-electron chi connectivity index (χ4n) is 2.96. The van der Waals surface area contributed by atoms with Crippen molar-refractivity contribution in [1.29, 1.82) is 0 Å². The fourth-order valence-corrected chi connectivity index (χ4v) is 15.5. The number of rotatable bonds is 11. The molecule has 0 radical (unpaired) electrons. The first-order valence-electron chi connectivity index (χ1n) is 9.48. The Morgan fingerprint density at radius 1 is 0.885 bits per heavy atom. The van der Waals surface area contributed by atoms with Crippen LogP contribution in [0.1, 0.15) is 18.4 Å². The van der Waals surface area contributed by atoms with E-state index in [2.05, 4.69) is 45.8 Å². The molecule has 0 bridgehead atoms. The van der Waals surface area contributed by atoms with E-state index in [9.17, 15) is 4.79 Å². The van der Waals surface area contributed by atoms with E-state index in [1.54, 1.807) is 0 Å². The van der Waals surface area contributed by atoms with Gasteiger partial charge in [-0.2, -0.15) is 0 Å². The third kappa shape index (κ3) is 11.1. The van der Waals surface area contributed by atoms with Crippen molar-refractivity contribution >= 4 is 31.2 Å². The molecule has 26 heavy (non-hydrogen) atoms. The van der Waals surface area contributed by atoms with Crippen molar-refractivity contribution < 1.29 is 17.8 Å². The molecule has 0 aliphatic heterocycles. The Balaban J connectivity index is 2.40. The number of ether oxygens (including phenoxy) is 1. The van der Waals surface area contributed by atoms with Crippen LogP contribution in [0, 0.1) is 0 Å². The van der Waals surface area contributed by atoms with E-state index in [0.717, 1.165) is 24.4 Å². The van der Waals surface area contributed by atoms with Gasteiger partial charge in [0.25, 0.3) is 0 Å². The molecule has 0 aromatic heterocycles. The SMILES string of the molecule is C[Si](C)(C)O[Si](C)(CCCOC(=O)CCc1ccccc1)O[Si](C)(C)C. The maximum Gasteiger partial charge on any atom is 0.314 e. The van der Waals surface area contributed by atoms with Crippen molar-refractivity contribution in [1.82, 2.24) is 0 Å². The second-order valence-electron chi connectivity index (χ2n) is 8.87. The van der Waals surface area contributed by atoms with Crippen molar-refractivity contribution in [2.75, 3.05) is 6.61 Å². The van der Waals surface area contributed by atoms with E-state index in [1.807, 2.05) is 30.3 Å². The molecule has 0 spiro atoms. The van der Waals surface area contributed by atoms with Crippen molar-refractivity contribution in [2.24, 2.45) is 0 Å². The topological polar surface area (TPSA) is 44.8 Å². The number of aryl methyl sites for hydroxylation is 1. The summed E-state index contributed by atoms with van der Waals surface area (Å²) in [5, 5.41) is 0. The lowest BCUT2D eigenvalue weighted by Gasteiger charge is -2.38. The molecular formula is C19H36O4Si3. The van der Waals surface area contributed by atoms with Gasteiger partial charge in [0.2, 0.25) is 0 Å². The Morgan fingerprint density at radius 2 is 1.42 bits per heavy atom. The molecule has 148 valence electrons. The highest BCUT2D eigenvalue weighted by Gasteiger charge is 2.39. The molecule has 0 amide bonds. The van der Waals surface area contributed by atoms with Crippen LogP contribution in [0.3, 0.4) is 0 Å². The average molecular weight is 413 g/mol. The molecule has 7 heteroatoms. The zero-order chi connectivity index (χ0) is 19.8. The monoisotopic (exact) mass is 412 g/mol. The summed E-state index contributed by atoms with van der Waals surface area (Å²) in [4.78, 5) is 11.9. The largest absolute Gasteiger partial charge is 0.466 e. The van der Waals surface area contributed by atoms with E-state index in [1.165, 1.54) is 0 Å². The van der Waals surface area contributed by atoms with E-state index in [4.69, 9.17) is 13.0 Å². The average Bonchev–Trinajstić information content (AvgIpc) is 2.47. The molecule has 0 N–H and O–H groups in total. The van der Waals surface area contributed by atoms with Crippen LogP contribution in [0.15, 0.2) is 30.3 Å². The highest BCUT2D eigenvalue weighted by molar-refractivity contribution is 6.87. The van der Waals surface area contributed by atoms with Crippen molar-refractivity contribution in [3.05, 3.63) is 35.9 Å². The third-order valence-corrected chi connectivity index (χ3v) is 13.2. The molecule has 0 saturated heterocycles. The minimum atomic E-state index is -2.23. The minimum Gasteiger partial charge on any atom is -0.466 e. The van der Waals surface area contributed by atoms with Gasteiger partial charge < -0.3 is 13.0 Å². The van der Waals surface area contributed by atoms with Gasteiger partial charge in [-0.25, -0.2) is 0 Å². The van der Waals surface area contributed by atoms with E-state index in [-0.39, 0.29) is 5.97 Å². The summed E-state index contributed by atoms with van der Waals surface area (Å²) in [6.45, 7) is 15.8. The Morgan fingerprint density at radius 3 is 1.92 bits per heavy atom. The molecule has 0 aliphatic carbocycles. The number of hydrogen-bond donors (Lipinski definition) is 0. The second-order valence-corrected chi connectivity index (χ2v) is 21.7. The van der Waals surface area contributed by atoms with Gasteiger partial charge in [-0.1, -0.05) is 30.3 Å². The summed E-state index contributed by atoms with van der Waals surface area (Å²) >= 11 is 0. The van der Waals surface area contributed by atoms with Gasteiger partial charge in [0, 0.05) is 6.42 Å². The summed E-state index contributed by atoms with van der Waals surface area (Å²) in [5.41, 5.74) is 1.16. The molecule has 4 nitrogen and oxygen atoms in total. The molecule has 1 aromatic rings. The van der Waals surface area contributed by atoms with Gasteiger partial charge in [0.05, 0.1) is 6.61 Å². The van der Waals surface area contributed by atoms with Gasteiger partial charge in [-0.05, 0) is 70.3 Å². The zero-order valence-corrected chi connectivity index (χ0v) is 20.6. The van der Waals surface area contributed by atoms with Gasteiger partial charge in [0.15, 0.2) is 16.6 Å². The first kappa shape index (κ1) is 23.3. The molecule has 1 rings (SSSR count). The molecule has 0 saturated carbocycles. The summed E-state index contributed by atoms with van der Waals surface area (Å²) < 4.78 is 18.3. The molecule has 0 atom stereocenters. The number of benzene rings is 1. The van der Waals surface area contributed by atoms with Crippen molar-refractivity contribution in [3.8, 4) is 0 Å². The van der Waals surface area contributed by atoms with Gasteiger partial charge >= 0.3 is 14.5 Å². The lowest BCUT2D eigenvalue weighted by molar-refractivity contribution is -0.143. The standard InChI is InChI=1S/C19H36O4Si3/c1-24(2,3)22-26(7,23-25(4,5)6)17-11-16-21-19(20)15-14-18-12-9-8-10-13-18/h8-10,12-13H,11,14-17H2,1-7H3. The molecule has 0 fully saturated rings. The summed E-state index contributed by atoms with van der Waals surface area (Å²) in [7, 11) is -5.58. The van der Waals surface area contributed by atoms with Gasteiger partial charge in [-0.3, -0.25) is 4.79 Å². The zero-order valence-electron chi connectivity index (χ0n) is 17.6. The van der Waals surface area contributed by atoms with Crippen molar-refractivity contribution in [2.45, 2.75) is 71.1 Å². The first-order chi connectivity index (χ1) is 11.9. The van der Waals surface area contributed by atoms with E-state index in [0.29, 0.717) is 13.0 Å². The van der Waals surface area contributed by atoms with Crippen LogP contribution in [0.4, 0.5) is 0 Å². The number of hydrogen-bond acceptors (Lipinski definition) is 4. The Labute approximate surface area is 162 Å². The molecule has 0 aliphatic rings. The van der Waals surface area contributed by atoms with Crippen LogP contribution >= 0.6 is 0 Å². The second kappa shape index (κ2) is 9.98. The maximum atomic E-state index is 11.9. The smallest absolute Gasteiger partial charge is 0.314 e. The maximum absolute atomic E-state index is 11.9. The predicted octanol–water partition coefficient (Wildman–Crippen LogP) is 5.33. The highest BCUT2D eigenvalue weighted by Crippen LogP contribution is 2.25. The highest BCUT2D eigenvalue weighted by atomic mass is 28.5. The molecular weight excluding hydrogens is 376 g/mol. The summed E-state index contributed by atoms with van der Waals surface area (Å²) in [6.07, 6.45) is 1.95.